The zero-order valence-electron chi connectivity index (χ0n) is 25.1. The zero-order chi connectivity index (χ0) is 30.5. The van der Waals surface area contributed by atoms with E-state index in [1.54, 1.807) is 46.8 Å². The van der Waals surface area contributed by atoms with Gasteiger partial charge in [-0.05, 0) is 77.1 Å². The second kappa shape index (κ2) is 13.0. The monoisotopic (exact) mass is 560 g/mol. The molecule has 1 atom stereocenters. The highest BCUT2D eigenvalue weighted by Gasteiger charge is 2.27. The van der Waals surface area contributed by atoms with Gasteiger partial charge < -0.3 is 19.9 Å². The maximum Gasteiger partial charge on any atom is 0.407 e. The van der Waals surface area contributed by atoms with Gasteiger partial charge in [0.05, 0.1) is 16.8 Å². The van der Waals surface area contributed by atoms with Crippen LogP contribution in [0, 0.1) is 19.8 Å². The summed E-state index contributed by atoms with van der Waals surface area (Å²) in [7, 11) is 0. The molecule has 0 aliphatic rings. The minimum atomic E-state index is -1.03. The van der Waals surface area contributed by atoms with Gasteiger partial charge in [0.2, 0.25) is 0 Å². The van der Waals surface area contributed by atoms with Crippen LogP contribution >= 0.6 is 0 Å². The van der Waals surface area contributed by atoms with Gasteiger partial charge in [0.1, 0.15) is 11.7 Å². The second-order valence-corrected chi connectivity index (χ2v) is 11.7. The van der Waals surface area contributed by atoms with Crippen molar-refractivity contribution in [3.63, 3.8) is 0 Å². The van der Waals surface area contributed by atoms with E-state index in [4.69, 9.17) is 14.5 Å². The van der Waals surface area contributed by atoms with Crippen LogP contribution in [0.15, 0.2) is 48.5 Å². The number of alkyl carbamates (subject to hydrolysis) is 1. The highest BCUT2D eigenvalue weighted by Crippen LogP contribution is 2.34. The lowest BCUT2D eigenvalue weighted by atomic mass is 9.89. The van der Waals surface area contributed by atoms with Crippen molar-refractivity contribution in [1.29, 1.82) is 0 Å². The first kappa shape index (κ1) is 31.3. The molecule has 0 bridgehead atoms. The summed E-state index contributed by atoms with van der Waals surface area (Å²) in [6.45, 7) is 15.2. The summed E-state index contributed by atoms with van der Waals surface area (Å²) in [6.07, 6.45) is -0.563. The molecule has 1 heterocycles. The highest BCUT2D eigenvalue weighted by molar-refractivity contribution is 5.99. The number of pyridine rings is 1. The lowest BCUT2D eigenvalue weighted by Crippen LogP contribution is -2.33. The number of rotatable bonds is 9. The summed E-state index contributed by atoms with van der Waals surface area (Å²) < 4.78 is 11.4. The van der Waals surface area contributed by atoms with Crippen LogP contribution in [-0.4, -0.2) is 33.7 Å². The predicted molar refractivity (Wildman–Crippen MR) is 158 cm³/mol. The Morgan fingerprint density at radius 2 is 1.56 bits per heavy atom. The molecule has 2 N–H and O–H groups in total. The van der Waals surface area contributed by atoms with Crippen molar-refractivity contribution in [2.24, 2.45) is 5.92 Å². The number of carboxylic acid groups (broad SMARTS) is 1. The number of benzene rings is 2. The first-order valence-corrected chi connectivity index (χ1v) is 13.8. The van der Waals surface area contributed by atoms with Gasteiger partial charge in [0, 0.05) is 23.4 Å². The third-order valence-electron chi connectivity index (χ3n) is 6.43. The number of amides is 1. The van der Waals surface area contributed by atoms with Gasteiger partial charge in [-0.25, -0.2) is 14.4 Å². The van der Waals surface area contributed by atoms with E-state index in [2.05, 4.69) is 19.2 Å². The number of carbonyl (C=O) groups excluding carboxylic acids is 2. The number of carbonyl (C=O) groups is 3. The fourth-order valence-electron chi connectivity index (χ4n) is 4.50. The largest absolute Gasteiger partial charge is 0.478 e. The molecule has 41 heavy (non-hydrogen) atoms. The SMILES string of the molecule is Cc1ccc(-c2c(CNC(=O)OC(C)(C)C)c(CC(C)C)nc(C)c2C(=O)OC(C)c2ccc(C(=O)O)cc2)cc1. The molecule has 218 valence electrons. The minimum absolute atomic E-state index is 0.111. The number of esters is 1. The molecule has 0 aliphatic heterocycles. The summed E-state index contributed by atoms with van der Waals surface area (Å²) >= 11 is 0. The second-order valence-electron chi connectivity index (χ2n) is 11.7. The van der Waals surface area contributed by atoms with Crippen LogP contribution in [0.3, 0.4) is 0 Å². The van der Waals surface area contributed by atoms with Crippen molar-refractivity contribution in [2.45, 2.75) is 80.1 Å². The van der Waals surface area contributed by atoms with E-state index in [0.29, 0.717) is 28.8 Å². The number of aromatic carboxylic acids is 1. The van der Waals surface area contributed by atoms with Crippen molar-refractivity contribution in [3.05, 3.63) is 87.7 Å². The Morgan fingerprint density at radius 1 is 0.951 bits per heavy atom. The third kappa shape index (κ3) is 8.39. The number of hydrogen-bond donors (Lipinski definition) is 2. The molecule has 0 saturated carbocycles. The summed E-state index contributed by atoms with van der Waals surface area (Å²) in [5.74, 6) is -1.31. The minimum Gasteiger partial charge on any atom is -0.478 e. The van der Waals surface area contributed by atoms with Gasteiger partial charge in [-0.2, -0.15) is 0 Å². The van der Waals surface area contributed by atoms with E-state index in [1.165, 1.54) is 12.1 Å². The van der Waals surface area contributed by atoms with Gasteiger partial charge in [-0.1, -0.05) is 55.8 Å². The standard InChI is InChI=1S/C33H40N2O6/c1-19(2)17-27-26(18-34-32(39)41-33(6,7)8)29(24-11-9-20(3)10-12-24)28(21(4)35-27)31(38)40-22(5)23-13-15-25(16-14-23)30(36)37/h9-16,19,22H,17-18H2,1-8H3,(H,34,39)(H,36,37). The Labute approximate surface area is 242 Å². The van der Waals surface area contributed by atoms with E-state index in [1.807, 2.05) is 31.2 Å². The first-order valence-electron chi connectivity index (χ1n) is 13.8. The molecular formula is C33H40N2O6. The van der Waals surface area contributed by atoms with E-state index in [0.717, 1.165) is 22.4 Å². The Morgan fingerprint density at radius 3 is 2.10 bits per heavy atom. The van der Waals surface area contributed by atoms with Crippen LogP contribution in [0.1, 0.15) is 96.4 Å². The Balaban J connectivity index is 2.11. The molecule has 0 aliphatic carbocycles. The number of aryl methyl sites for hydroxylation is 2. The normalized spacial score (nSPS) is 12.1. The van der Waals surface area contributed by atoms with Gasteiger partial charge in [-0.3, -0.25) is 4.98 Å². The van der Waals surface area contributed by atoms with Crippen molar-refractivity contribution >= 4 is 18.0 Å². The van der Waals surface area contributed by atoms with Crippen molar-refractivity contribution in [2.75, 3.05) is 0 Å². The topological polar surface area (TPSA) is 115 Å². The molecule has 0 fully saturated rings. The Bertz CT molecular complexity index is 1400. The van der Waals surface area contributed by atoms with E-state index >= 15 is 0 Å². The molecule has 2 aromatic carbocycles. The number of nitrogens with zero attached hydrogens (tertiary/aromatic N) is 1. The molecule has 1 amide bonds. The Hall–Kier alpha value is -4.20. The summed E-state index contributed by atoms with van der Waals surface area (Å²) in [5, 5.41) is 12.1. The van der Waals surface area contributed by atoms with Gasteiger partial charge >= 0.3 is 18.0 Å². The van der Waals surface area contributed by atoms with Crippen LogP contribution in [0.2, 0.25) is 0 Å². The fraction of sp³-hybridized carbons (Fsp3) is 0.394. The van der Waals surface area contributed by atoms with Gasteiger partial charge in [0.15, 0.2) is 0 Å². The molecule has 1 unspecified atom stereocenters. The van der Waals surface area contributed by atoms with Crippen LogP contribution in [-0.2, 0) is 22.4 Å². The maximum atomic E-state index is 13.8. The molecule has 1 aromatic heterocycles. The molecule has 0 radical (unpaired) electrons. The van der Waals surface area contributed by atoms with Crippen molar-refractivity contribution in [3.8, 4) is 11.1 Å². The van der Waals surface area contributed by atoms with E-state index < -0.39 is 29.7 Å². The number of aromatic nitrogens is 1. The van der Waals surface area contributed by atoms with E-state index in [9.17, 15) is 19.5 Å². The predicted octanol–water partition coefficient (Wildman–Crippen LogP) is 7.20. The molecule has 8 nitrogen and oxygen atoms in total. The molecule has 0 spiro atoms. The van der Waals surface area contributed by atoms with Crippen molar-refractivity contribution in [1.82, 2.24) is 10.3 Å². The zero-order valence-corrected chi connectivity index (χ0v) is 25.1. The summed E-state index contributed by atoms with van der Waals surface area (Å²) in [5.41, 5.74) is 5.03. The number of hydrogen-bond acceptors (Lipinski definition) is 6. The third-order valence-corrected chi connectivity index (χ3v) is 6.43. The van der Waals surface area contributed by atoms with Gasteiger partial charge in [-0.15, -0.1) is 0 Å². The number of nitrogens with one attached hydrogen (secondary N) is 1. The number of ether oxygens (including phenoxy) is 2. The smallest absolute Gasteiger partial charge is 0.407 e. The molecular weight excluding hydrogens is 520 g/mol. The quantitative estimate of drug-likeness (QED) is 0.266. The van der Waals surface area contributed by atoms with Crippen LogP contribution in [0.4, 0.5) is 4.79 Å². The maximum absolute atomic E-state index is 13.8. The van der Waals surface area contributed by atoms with Gasteiger partial charge in [0.25, 0.3) is 0 Å². The van der Waals surface area contributed by atoms with Crippen molar-refractivity contribution < 1.29 is 29.0 Å². The van der Waals surface area contributed by atoms with Crippen LogP contribution in [0.5, 0.6) is 0 Å². The molecule has 3 aromatic rings. The average molecular weight is 561 g/mol. The highest BCUT2D eigenvalue weighted by atomic mass is 16.6. The fourth-order valence-corrected chi connectivity index (χ4v) is 4.50. The lowest BCUT2D eigenvalue weighted by Gasteiger charge is -2.24. The van der Waals surface area contributed by atoms with Crippen LogP contribution in [0.25, 0.3) is 11.1 Å². The van der Waals surface area contributed by atoms with Crippen LogP contribution < -0.4 is 5.32 Å². The molecule has 0 saturated heterocycles. The lowest BCUT2D eigenvalue weighted by molar-refractivity contribution is 0.0336. The molecule has 8 heteroatoms. The molecule has 3 rings (SSSR count). The summed E-state index contributed by atoms with van der Waals surface area (Å²) in [4.78, 5) is 42.5. The average Bonchev–Trinajstić information content (AvgIpc) is 2.86. The summed E-state index contributed by atoms with van der Waals surface area (Å²) in [6, 6.07) is 14.1. The Kier molecular flexibility index (Phi) is 9.92. The number of carboxylic acids is 1. The first-order chi connectivity index (χ1) is 19.2. The van der Waals surface area contributed by atoms with E-state index in [-0.39, 0.29) is 18.0 Å².